The Hall–Kier alpha value is -0.700. The van der Waals surface area contributed by atoms with Gasteiger partial charge in [-0.2, -0.15) is 0 Å². The molecule has 0 radical (unpaired) electrons. The largest absolute Gasteiger partial charge is 0.447 e. The molecule has 3 N–H and O–H groups in total. The number of nitrogens with two attached hydrogens (primary N) is 1. The van der Waals surface area contributed by atoms with Crippen LogP contribution in [0.15, 0.2) is 21.6 Å². The van der Waals surface area contributed by atoms with Crippen LogP contribution in [0.4, 0.5) is 0 Å². The topological polar surface area (TPSA) is 102 Å². The molecule has 0 aromatic carbocycles. The highest BCUT2D eigenvalue weighted by Gasteiger charge is 2.21. The Morgan fingerprint density at radius 3 is 2.65 bits per heavy atom. The minimum absolute atomic E-state index is 0.143. The van der Waals surface area contributed by atoms with E-state index in [-0.39, 0.29) is 17.4 Å². The Labute approximate surface area is 103 Å². The molecule has 1 rings (SSSR count). The quantitative estimate of drug-likeness (QED) is 0.750. The van der Waals surface area contributed by atoms with Crippen molar-refractivity contribution in [3.63, 3.8) is 0 Å². The van der Waals surface area contributed by atoms with E-state index < -0.39 is 26.9 Å². The summed E-state index contributed by atoms with van der Waals surface area (Å²) in [5, 5.41) is -0.174. The van der Waals surface area contributed by atoms with E-state index in [1.807, 2.05) is 0 Å². The van der Waals surface area contributed by atoms with Gasteiger partial charge in [0, 0.05) is 28.9 Å². The Morgan fingerprint density at radius 1 is 1.53 bits per heavy atom. The standard InChI is InChI=1S/C9H16N2O4S2/c1-7(6-16(2)12)11-17(13,14)9-4-3-8(5-10)15-9/h3-4,7,11H,5-6,10H2,1-2H3. The fourth-order valence-electron chi connectivity index (χ4n) is 1.32. The first-order valence-electron chi connectivity index (χ1n) is 4.96. The second kappa shape index (κ2) is 5.76. The highest BCUT2D eigenvalue weighted by molar-refractivity contribution is 7.89. The molecule has 2 atom stereocenters. The Morgan fingerprint density at radius 2 is 2.18 bits per heavy atom. The summed E-state index contributed by atoms with van der Waals surface area (Å²) in [6.07, 6.45) is 1.52. The Bertz CT molecular complexity index is 495. The van der Waals surface area contributed by atoms with Gasteiger partial charge in [0.25, 0.3) is 10.0 Å². The van der Waals surface area contributed by atoms with Crippen LogP contribution >= 0.6 is 0 Å². The summed E-state index contributed by atoms with van der Waals surface area (Å²) < 4.78 is 42.0. The van der Waals surface area contributed by atoms with Gasteiger partial charge in [-0.1, -0.05) is 0 Å². The molecule has 98 valence electrons. The lowest BCUT2D eigenvalue weighted by Gasteiger charge is -2.10. The fraction of sp³-hybridized carbons (Fsp3) is 0.556. The van der Waals surface area contributed by atoms with E-state index in [1.165, 1.54) is 18.4 Å². The molecule has 1 aromatic heterocycles. The molecule has 0 aliphatic carbocycles. The van der Waals surface area contributed by atoms with Crippen LogP contribution in [0.1, 0.15) is 12.7 Å². The maximum atomic E-state index is 11.8. The molecule has 0 saturated heterocycles. The van der Waals surface area contributed by atoms with Gasteiger partial charge in [0.15, 0.2) is 0 Å². The molecule has 17 heavy (non-hydrogen) atoms. The predicted octanol–water partition coefficient (Wildman–Crippen LogP) is -0.216. The van der Waals surface area contributed by atoms with Crippen molar-refractivity contribution in [3.8, 4) is 0 Å². The molecule has 0 bridgehead atoms. The molecule has 0 amide bonds. The SMILES string of the molecule is CC(CS(C)=O)NS(=O)(=O)c1ccc(CN)o1. The highest BCUT2D eigenvalue weighted by Crippen LogP contribution is 2.13. The Kier molecular flexibility index (Phi) is 4.87. The molecule has 0 fully saturated rings. The van der Waals surface area contributed by atoms with E-state index in [0.717, 1.165) is 0 Å². The van der Waals surface area contributed by atoms with E-state index in [9.17, 15) is 12.6 Å². The summed E-state index contributed by atoms with van der Waals surface area (Å²) in [6.45, 7) is 1.79. The number of hydrogen-bond acceptors (Lipinski definition) is 5. The van der Waals surface area contributed by atoms with Gasteiger partial charge in [-0.25, -0.2) is 13.1 Å². The Balaban J connectivity index is 2.78. The maximum absolute atomic E-state index is 11.8. The van der Waals surface area contributed by atoms with E-state index >= 15 is 0 Å². The van der Waals surface area contributed by atoms with Gasteiger partial charge in [0.2, 0.25) is 5.09 Å². The van der Waals surface area contributed by atoms with Gasteiger partial charge in [-0.3, -0.25) is 4.21 Å². The molecule has 8 heteroatoms. The average molecular weight is 280 g/mol. The van der Waals surface area contributed by atoms with Crippen molar-refractivity contribution in [2.45, 2.75) is 24.6 Å². The smallest absolute Gasteiger partial charge is 0.274 e. The van der Waals surface area contributed by atoms with Gasteiger partial charge >= 0.3 is 0 Å². The van der Waals surface area contributed by atoms with Crippen LogP contribution in [0.5, 0.6) is 0 Å². The van der Waals surface area contributed by atoms with Crippen molar-refractivity contribution in [1.82, 2.24) is 4.72 Å². The van der Waals surface area contributed by atoms with Gasteiger partial charge in [0.05, 0.1) is 6.54 Å². The average Bonchev–Trinajstić information content (AvgIpc) is 2.63. The van der Waals surface area contributed by atoms with Crippen molar-refractivity contribution < 1.29 is 17.0 Å². The van der Waals surface area contributed by atoms with Gasteiger partial charge in [-0.15, -0.1) is 0 Å². The van der Waals surface area contributed by atoms with E-state index in [0.29, 0.717) is 5.76 Å². The fourth-order valence-corrected chi connectivity index (χ4v) is 3.41. The minimum atomic E-state index is -3.70. The molecule has 1 heterocycles. The first-order valence-corrected chi connectivity index (χ1v) is 8.17. The number of rotatable bonds is 6. The second-order valence-corrected chi connectivity index (χ2v) is 6.81. The lowest BCUT2D eigenvalue weighted by atomic mass is 10.4. The number of hydrogen-bond donors (Lipinski definition) is 2. The van der Waals surface area contributed by atoms with E-state index in [1.54, 1.807) is 6.92 Å². The summed E-state index contributed by atoms with van der Waals surface area (Å²) in [7, 11) is -4.76. The summed E-state index contributed by atoms with van der Waals surface area (Å²) >= 11 is 0. The van der Waals surface area contributed by atoms with Crippen LogP contribution < -0.4 is 10.5 Å². The van der Waals surface area contributed by atoms with Crippen LogP contribution in [0, 0.1) is 0 Å². The van der Waals surface area contributed by atoms with Crippen molar-refractivity contribution in [2.75, 3.05) is 12.0 Å². The van der Waals surface area contributed by atoms with Crippen molar-refractivity contribution in [3.05, 3.63) is 17.9 Å². The third kappa shape index (κ3) is 4.23. The van der Waals surface area contributed by atoms with Gasteiger partial charge in [-0.05, 0) is 19.1 Å². The summed E-state index contributed by atoms with van der Waals surface area (Å²) in [5.41, 5.74) is 5.32. The van der Waals surface area contributed by atoms with Gasteiger partial charge in [0.1, 0.15) is 5.76 Å². The van der Waals surface area contributed by atoms with Crippen LogP contribution in [-0.4, -0.2) is 30.7 Å². The molecule has 6 nitrogen and oxygen atoms in total. The van der Waals surface area contributed by atoms with Crippen LogP contribution in [0.3, 0.4) is 0 Å². The van der Waals surface area contributed by atoms with Gasteiger partial charge < -0.3 is 10.2 Å². The van der Waals surface area contributed by atoms with Crippen molar-refractivity contribution in [2.24, 2.45) is 5.73 Å². The molecule has 0 aliphatic heterocycles. The second-order valence-electron chi connectivity index (χ2n) is 3.69. The summed E-state index contributed by atoms with van der Waals surface area (Å²) in [4.78, 5) is 0. The number of furan rings is 1. The first-order chi connectivity index (χ1) is 7.85. The van der Waals surface area contributed by atoms with Crippen molar-refractivity contribution >= 4 is 20.8 Å². The first kappa shape index (κ1) is 14.4. The number of sulfonamides is 1. The predicted molar refractivity (Wildman–Crippen MR) is 65.3 cm³/mol. The summed E-state index contributed by atoms with van der Waals surface area (Å²) in [5.74, 6) is 0.654. The molecule has 1 aromatic rings. The maximum Gasteiger partial charge on any atom is 0.274 e. The third-order valence-corrected chi connectivity index (χ3v) is 4.38. The minimum Gasteiger partial charge on any atom is -0.447 e. The zero-order valence-corrected chi connectivity index (χ0v) is 11.3. The van der Waals surface area contributed by atoms with Crippen molar-refractivity contribution in [1.29, 1.82) is 0 Å². The third-order valence-electron chi connectivity index (χ3n) is 1.94. The molecule has 2 unspecified atom stereocenters. The van der Waals surface area contributed by atoms with E-state index in [2.05, 4.69) is 4.72 Å². The lowest BCUT2D eigenvalue weighted by Crippen LogP contribution is -2.36. The van der Waals surface area contributed by atoms with Crippen LogP contribution in [-0.2, 0) is 27.4 Å². The molecular formula is C9H16N2O4S2. The van der Waals surface area contributed by atoms with Crippen LogP contribution in [0.25, 0.3) is 0 Å². The zero-order chi connectivity index (χ0) is 13.1. The zero-order valence-electron chi connectivity index (χ0n) is 9.67. The molecule has 0 aliphatic rings. The molecule has 0 saturated carbocycles. The molecule has 0 spiro atoms. The molecular weight excluding hydrogens is 264 g/mol. The highest BCUT2D eigenvalue weighted by atomic mass is 32.2. The monoisotopic (exact) mass is 280 g/mol. The normalized spacial score (nSPS) is 15.7. The van der Waals surface area contributed by atoms with E-state index in [4.69, 9.17) is 10.2 Å². The van der Waals surface area contributed by atoms with Crippen LogP contribution in [0.2, 0.25) is 0 Å². The lowest BCUT2D eigenvalue weighted by molar-refractivity contribution is 0.411. The summed E-state index contributed by atoms with van der Waals surface area (Å²) in [6, 6.07) is 2.44. The number of nitrogens with one attached hydrogen (secondary N) is 1.